The highest BCUT2D eigenvalue weighted by atomic mass is 19.3. The van der Waals surface area contributed by atoms with Gasteiger partial charge in [0.05, 0.1) is 11.5 Å². The number of nitrogens with two attached hydrogens (primary N) is 1. The zero-order valence-corrected chi connectivity index (χ0v) is 7.35. The molecule has 0 unspecified atom stereocenters. The Labute approximate surface area is 82.5 Å². The lowest BCUT2D eigenvalue weighted by molar-refractivity contribution is -0.383. The van der Waals surface area contributed by atoms with Crippen LogP contribution in [-0.4, -0.2) is 27.9 Å². The molecule has 0 aliphatic rings. The summed E-state index contributed by atoms with van der Waals surface area (Å²) in [6, 6.07) is 0. The predicted molar refractivity (Wildman–Crippen MR) is 47.6 cm³/mol. The van der Waals surface area contributed by atoms with Gasteiger partial charge in [0.15, 0.2) is 0 Å². The third-order valence-corrected chi connectivity index (χ3v) is 1.46. The Bertz CT molecular complexity index is 373. The number of anilines is 2. The highest BCUT2D eigenvalue weighted by Gasteiger charge is 2.21. The molecule has 3 N–H and O–H groups in total. The largest absolute Gasteiger partial charge is 0.378 e. The standard InChI is InChI=1S/C6H7F2N5O2/c7-3(8)1-10-6-4(13(14)15)5(9)11-2-12-6/h2-3H,1H2,(H3,9,10,11,12). The molecule has 0 fully saturated rings. The van der Waals surface area contributed by atoms with Crippen molar-refractivity contribution in [3.8, 4) is 0 Å². The molecule has 7 nitrogen and oxygen atoms in total. The summed E-state index contributed by atoms with van der Waals surface area (Å²) >= 11 is 0. The monoisotopic (exact) mass is 219 g/mol. The first-order valence-electron chi connectivity index (χ1n) is 3.79. The Hall–Kier alpha value is -2.06. The maximum Gasteiger partial charge on any atom is 0.352 e. The fraction of sp³-hybridized carbons (Fsp3) is 0.333. The van der Waals surface area contributed by atoms with Gasteiger partial charge >= 0.3 is 5.69 Å². The summed E-state index contributed by atoms with van der Waals surface area (Å²) in [6.07, 6.45) is -1.68. The zero-order valence-electron chi connectivity index (χ0n) is 7.35. The number of nitrogens with one attached hydrogen (secondary N) is 1. The normalized spacial score (nSPS) is 10.3. The summed E-state index contributed by atoms with van der Waals surface area (Å²) < 4.78 is 23.7. The molecule has 0 saturated heterocycles. The molecule has 0 aromatic carbocycles. The lowest BCUT2D eigenvalue weighted by Crippen LogP contribution is -2.14. The number of nitrogen functional groups attached to an aromatic ring is 1. The average molecular weight is 219 g/mol. The molecule has 1 heterocycles. The number of hydrogen-bond donors (Lipinski definition) is 2. The molecule has 0 saturated carbocycles. The number of halogens is 2. The van der Waals surface area contributed by atoms with Crippen LogP contribution in [0.2, 0.25) is 0 Å². The van der Waals surface area contributed by atoms with E-state index in [-0.39, 0.29) is 11.6 Å². The molecule has 0 aliphatic heterocycles. The first-order chi connectivity index (χ1) is 7.02. The van der Waals surface area contributed by atoms with E-state index in [1.54, 1.807) is 0 Å². The SMILES string of the molecule is Nc1ncnc(NCC(F)F)c1[N+](=O)[O-]. The first-order valence-corrected chi connectivity index (χ1v) is 3.79. The topological polar surface area (TPSA) is 107 Å². The maximum absolute atomic E-state index is 11.8. The van der Waals surface area contributed by atoms with Crippen LogP contribution in [0.1, 0.15) is 0 Å². The smallest absolute Gasteiger partial charge is 0.352 e. The summed E-state index contributed by atoms with van der Waals surface area (Å²) in [6.45, 7) is -0.739. The lowest BCUT2D eigenvalue weighted by atomic mass is 10.4. The van der Waals surface area contributed by atoms with Gasteiger partial charge in [-0.25, -0.2) is 18.7 Å². The molecule has 1 aromatic rings. The van der Waals surface area contributed by atoms with E-state index < -0.39 is 23.6 Å². The third kappa shape index (κ3) is 2.69. The molecule has 1 rings (SSSR count). The fourth-order valence-electron chi connectivity index (χ4n) is 0.876. The zero-order chi connectivity index (χ0) is 11.4. The molecule has 0 bridgehead atoms. The second kappa shape index (κ2) is 4.44. The van der Waals surface area contributed by atoms with E-state index in [1.807, 2.05) is 0 Å². The lowest BCUT2D eigenvalue weighted by Gasteiger charge is -2.05. The summed E-state index contributed by atoms with van der Waals surface area (Å²) in [5, 5.41) is 12.6. The van der Waals surface area contributed by atoms with Crippen molar-refractivity contribution in [2.45, 2.75) is 6.43 Å². The van der Waals surface area contributed by atoms with Crippen molar-refractivity contribution in [3.05, 3.63) is 16.4 Å². The molecule has 1 aromatic heterocycles. The van der Waals surface area contributed by atoms with Gasteiger partial charge in [-0.3, -0.25) is 10.1 Å². The van der Waals surface area contributed by atoms with Crippen molar-refractivity contribution in [2.75, 3.05) is 17.6 Å². The molecule has 82 valence electrons. The highest BCUT2D eigenvalue weighted by molar-refractivity contribution is 5.67. The Morgan fingerprint density at radius 2 is 2.27 bits per heavy atom. The van der Waals surface area contributed by atoms with Crippen molar-refractivity contribution in [3.63, 3.8) is 0 Å². The van der Waals surface area contributed by atoms with Crippen LogP contribution in [0.15, 0.2) is 6.33 Å². The Morgan fingerprint density at radius 1 is 1.60 bits per heavy atom. The molecule has 0 atom stereocenters. The van der Waals surface area contributed by atoms with Gasteiger partial charge in [0, 0.05) is 0 Å². The van der Waals surface area contributed by atoms with E-state index >= 15 is 0 Å². The number of aromatic nitrogens is 2. The summed E-state index contributed by atoms with van der Waals surface area (Å²) in [5.74, 6) is -0.681. The van der Waals surface area contributed by atoms with Gasteiger partial charge in [-0.1, -0.05) is 0 Å². The van der Waals surface area contributed by atoms with E-state index in [0.717, 1.165) is 6.33 Å². The van der Waals surface area contributed by atoms with E-state index in [9.17, 15) is 18.9 Å². The minimum Gasteiger partial charge on any atom is -0.378 e. The minimum atomic E-state index is -2.64. The summed E-state index contributed by atoms with van der Waals surface area (Å²) in [4.78, 5) is 16.5. The van der Waals surface area contributed by atoms with Crippen molar-refractivity contribution in [2.24, 2.45) is 0 Å². The van der Waals surface area contributed by atoms with Crippen LogP contribution in [0.25, 0.3) is 0 Å². The highest BCUT2D eigenvalue weighted by Crippen LogP contribution is 2.26. The van der Waals surface area contributed by atoms with Crippen LogP contribution >= 0.6 is 0 Å². The number of alkyl halides is 2. The minimum absolute atomic E-state index is 0.312. The average Bonchev–Trinajstić information content (AvgIpc) is 2.13. The van der Waals surface area contributed by atoms with Gasteiger partial charge in [-0.2, -0.15) is 0 Å². The second-order valence-electron chi connectivity index (χ2n) is 2.49. The molecule has 0 amide bonds. The Kier molecular flexibility index (Phi) is 3.26. The van der Waals surface area contributed by atoms with Crippen molar-refractivity contribution >= 4 is 17.3 Å². The van der Waals surface area contributed by atoms with Crippen LogP contribution in [0.5, 0.6) is 0 Å². The Morgan fingerprint density at radius 3 is 2.80 bits per heavy atom. The molecule has 15 heavy (non-hydrogen) atoms. The fourth-order valence-corrected chi connectivity index (χ4v) is 0.876. The molecular weight excluding hydrogens is 212 g/mol. The van der Waals surface area contributed by atoms with Crippen LogP contribution in [0.3, 0.4) is 0 Å². The number of hydrogen-bond acceptors (Lipinski definition) is 6. The Balaban J connectivity index is 2.96. The van der Waals surface area contributed by atoms with Crippen LogP contribution < -0.4 is 11.1 Å². The molecule has 9 heteroatoms. The molecule has 0 radical (unpaired) electrons. The van der Waals surface area contributed by atoms with Gasteiger partial charge in [0.2, 0.25) is 11.6 Å². The maximum atomic E-state index is 11.8. The van der Waals surface area contributed by atoms with Crippen molar-refractivity contribution in [1.82, 2.24) is 9.97 Å². The van der Waals surface area contributed by atoms with E-state index in [1.165, 1.54) is 0 Å². The number of rotatable bonds is 4. The molecular formula is C6H7F2N5O2. The number of nitrogens with zero attached hydrogens (tertiary/aromatic N) is 3. The van der Waals surface area contributed by atoms with Gasteiger partial charge in [-0.15, -0.1) is 0 Å². The molecule has 0 aliphatic carbocycles. The van der Waals surface area contributed by atoms with Crippen LogP contribution in [-0.2, 0) is 0 Å². The molecule has 0 spiro atoms. The van der Waals surface area contributed by atoms with Gasteiger partial charge in [-0.05, 0) is 0 Å². The first kappa shape index (κ1) is 11.0. The van der Waals surface area contributed by atoms with E-state index in [0.29, 0.717) is 0 Å². The van der Waals surface area contributed by atoms with Gasteiger partial charge in [0.1, 0.15) is 6.33 Å². The van der Waals surface area contributed by atoms with Crippen molar-refractivity contribution in [1.29, 1.82) is 0 Å². The van der Waals surface area contributed by atoms with E-state index in [4.69, 9.17) is 5.73 Å². The van der Waals surface area contributed by atoms with Gasteiger partial charge in [0.25, 0.3) is 6.43 Å². The second-order valence-corrected chi connectivity index (χ2v) is 2.49. The van der Waals surface area contributed by atoms with E-state index in [2.05, 4.69) is 15.3 Å². The number of nitro groups is 1. The van der Waals surface area contributed by atoms with Crippen LogP contribution in [0.4, 0.5) is 26.1 Å². The van der Waals surface area contributed by atoms with Gasteiger partial charge < -0.3 is 11.1 Å². The predicted octanol–water partition coefficient (Wildman–Crippen LogP) is 0.644. The van der Waals surface area contributed by atoms with Crippen LogP contribution in [0, 0.1) is 10.1 Å². The quantitative estimate of drug-likeness (QED) is 0.568. The summed E-state index contributed by atoms with van der Waals surface area (Å²) in [7, 11) is 0. The summed E-state index contributed by atoms with van der Waals surface area (Å²) in [5.41, 5.74) is 4.61. The van der Waals surface area contributed by atoms with Crippen molar-refractivity contribution < 1.29 is 13.7 Å². The third-order valence-electron chi connectivity index (χ3n) is 1.46.